The van der Waals surface area contributed by atoms with E-state index in [1.165, 1.54) is 29.7 Å². The van der Waals surface area contributed by atoms with Gasteiger partial charge in [-0.05, 0) is 46.3 Å². The lowest BCUT2D eigenvalue weighted by Crippen LogP contribution is -2.08. The first kappa shape index (κ1) is 20.1. The van der Waals surface area contributed by atoms with Gasteiger partial charge in [-0.2, -0.15) is 18.4 Å². The molecule has 0 unspecified atom stereocenters. The van der Waals surface area contributed by atoms with Crippen molar-refractivity contribution in [2.24, 2.45) is 0 Å². The molecule has 4 aromatic rings. The zero-order valence-corrected chi connectivity index (χ0v) is 17.1. The lowest BCUT2D eigenvalue weighted by atomic mass is 10.1. The molecule has 0 spiro atoms. The van der Waals surface area contributed by atoms with Crippen LogP contribution in [0.5, 0.6) is 11.5 Å². The number of anilines is 2. The van der Waals surface area contributed by atoms with Gasteiger partial charge in [0, 0.05) is 22.9 Å². The normalized spacial score (nSPS) is 11.3. The van der Waals surface area contributed by atoms with Crippen molar-refractivity contribution >= 4 is 48.6 Å². The molecule has 0 bridgehead atoms. The number of hydrogen-bond acceptors (Lipinski definition) is 7. The van der Waals surface area contributed by atoms with E-state index in [4.69, 9.17) is 10.00 Å². The van der Waals surface area contributed by atoms with Gasteiger partial charge in [0.05, 0.1) is 17.2 Å². The topological polar surface area (TPSA) is 83.7 Å². The van der Waals surface area contributed by atoms with Crippen molar-refractivity contribution in [1.29, 1.82) is 5.26 Å². The fraction of sp³-hybridized carbons (Fsp3) is 0.0526. The number of thiazole rings is 1. The molecule has 0 aliphatic heterocycles. The zero-order valence-electron chi connectivity index (χ0n) is 14.7. The van der Waals surface area contributed by atoms with Crippen LogP contribution in [0.15, 0.2) is 53.3 Å². The Bertz CT molecular complexity index is 1250. The minimum atomic E-state index is -4.69. The fourth-order valence-electron chi connectivity index (χ4n) is 2.56. The summed E-state index contributed by atoms with van der Waals surface area (Å²) in [7, 11) is 0. The number of aromatic nitrogens is 3. The Labute approximate surface area is 180 Å². The van der Waals surface area contributed by atoms with Crippen LogP contribution >= 0.6 is 27.3 Å². The molecule has 0 saturated carbocycles. The number of ether oxygens (including phenoxy) is 1. The minimum Gasteiger partial charge on any atom is -0.453 e. The molecule has 3 heterocycles. The molecule has 3 aromatic heterocycles. The van der Waals surface area contributed by atoms with Crippen LogP contribution in [0, 0.1) is 11.3 Å². The summed E-state index contributed by atoms with van der Waals surface area (Å²) in [6, 6.07) is 9.82. The number of nitrogens with one attached hydrogen (secondary N) is 1. The van der Waals surface area contributed by atoms with E-state index in [0.29, 0.717) is 15.1 Å². The van der Waals surface area contributed by atoms with Crippen LogP contribution in [0.4, 0.5) is 24.1 Å². The molecule has 4 rings (SSSR count). The highest BCUT2D eigenvalue weighted by Crippen LogP contribution is 2.38. The van der Waals surface area contributed by atoms with E-state index in [-0.39, 0.29) is 17.3 Å². The maximum Gasteiger partial charge on any atom is 0.417 e. The Kier molecular flexibility index (Phi) is 5.27. The maximum atomic E-state index is 13.2. The lowest BCUT2D eigenvalue weighted by molar-refractivity contribution is -0.137. The molecular formula is C19H9BrF3N5OS. The smallest absolute Gasteiger partial charge is 0.417 e. The molecule has 11 heteroatoms. The van der Waals surface area contributed by atoms with Gasteiger partial charge in [0.25, 0.3) is 0 Å². The first-order valence-electron chi connectivity index (χ1n) is 8.27. The largest absolute Gasteiger partial charge is 0.453 e. The van der Waals surface area contributed by atoms with E-state index in [0.717, 1.165) is 17.0 Å². The van der Waals surface area contributed by atoms with Crippen LogP contribution in [-0.4, -0.2) is 15.0 Å². The number of rotatable bonds is 4. The molecule has 0 radical (unpaired) electrons. The SMILES string of the molecule is N#Cc1ccc(Oc2cc(Br)cnc2Nc2nc3cccnc3s2)cc1C(F)(F)F. The van der Waals surface area contributed by atoms with E-state index >= 15 is 0 Å². The average molecular weight is 492 g/mol. The summed E-state index contributed by atoms with van der Waals surface area (Å²) in [5, 5.41) is 12.5. The van der Waals surface area contributed by atoms with E-state index in [2.05, 4.69) is 36.2 Å². The summed E-state index contributed by atoms with van der Waals surface area (Å²) >= 11 is 4.57. The van der Waals surface area contributed by atoms with E-state index in [1.54, 1.807) is 18.3 Å². The molecule has 1 aromatic carbocycles. The highest BCUT2D eigenvalue weighted by atomic mass is 79.9. The Morgan fingerprint density at radius 1 is 1.17 bits per heavy atom. The number of alkyl halides is 3. The Balaban J connectivity index is 1.68. The minimum absolute atomic E-state index is 0.0877. The second-order valence-corrected chi connectivity index (χ2v) is 7.78. The maximum absolute atomic E-state index is 13.2. The van der Waals surface area contributed by atoms with Crippen LogP contribution < -0.4 is 10.1 Å². The molecular weight excluding hydrogens is 483 g/mol. The summed E-state index contributed by atoms with van der Waals surface area (Å²) in [4.78, 5) is 13.6. The molecule has 0 atom stereocenters. The number of pyridine rings is 2. The van der Waals surface area contributed by atoms with Gasteiger partial charge < -0.3 is 10.1 Å². The van der Waals surface area contributed by atoms with Crippen LogP contribution in [0.3, 0.4) is 0 Å². The van der Waals surface area contributed by atoms with Crippen molar-refractivity contribution in [2.45, 2.75) is 6.18 Å². The molecule has 150 valence electrons. The number of hydrogen-bond donors (Lipinski definition) is 1. The second-order valence-electron chi connectivity index (χ2n) is 5.89. The molecule has 1 N–H and O–H groups in total. The second kappa shape index (κ2) is 7.89. The standard InChI is InChI=1S/C19H9BrF3N5OS/c20-11-6-15(29-12-4-3-10(8-24)13(7-12)19(21,22)23)16(26-9-11)28-18-27-14-2-1-5-25-17(14)30-18/h1-7,9H,(H,26,27,28). The fourth-order valence-corrected chi connectivity index (χ4v) is 3.68. The summed E-state index contributed by atoms with van der Waals surface area (Å²) in [5.41, 5.74) is -0.855. The van der Waals surface area contributed by atoms with E-state index < -0.39 is 17.3 Å². The van der Waals surface area contributed by atoms with Crippen molar-refractivity contribution in [1.82, 2.24) is 15.0 Å². The predicted octanol–water partition coefficient (Wildman–Crippen LogP) is 6.28. The third kappa shape index (κ3) is 4.19. The number of halogens is 4. The van der Waals surface area contributed by atoms with E-state index in [9.17, 15) is 13.2 Å². The number of nitrogens with zero attached hydrogens (tertiary/aromatic N) is 4. The van der Waals surface area contributed by atoms with Gasteiger partial charge in [0.1, 0.15) is 16.1 Å². The number of nitriles is 1. The molecule has 30 heavy (non-hydrogen) atoms. The summed E-state index contributed by atoms with van der Waals surface area (Å²) in [5.74, 6) is 0.347. The van der Waals surface area contributed by atoms with Gasteiger partial charge in [-0.15, -0.1) is 0 Å². The van der Waals surface area contributed by atoms with Crippen molar-refractivity contribution in [3.8, 4) is 17.6 Å². The Morgan fingerprint density at radius 3 is 2.73 bits per heavy atom. The summed E-state index contributed by atoms with van der Waals surface area (Å²) in [6.45, 7) is 0. The van der Waals surface area contributed by atoms with Gasteiger partial charge >= 0.3 is 6.18 Å². The average Bonchev–Trinajstić information content (AvgIpc) is 3.12. The first-order chi connectivity index (χ1) is 14.3. The highest BCUT2D eigenvalue weighted by Gasteiger charge is 2.34. The zero-order chi connectivity index (χ0) is 21.3. The van der Waals surface area contributed by atoms with Gasteiger partial charge in [-0.25, -0.2) is 15.0 Å². The lowest BCUT2D eigenvalue weighted by Gasteiger charge is -2.14. The van der Waals surface area contributed by atoms with Gasteiger partial charge in [-0.3, -0.25) is 0 Å². The van der Waals surface area contributed by atoms with Crippen molar-refractivity contribution < 1.29 is 17.9 Å². The molecule has 0 fully saturated rings. The highest BCUT2D eigenvalue weighted by molar-refractivity contribution is 9.10. The molecule has 0 amide bonds. The molecule has 0 aliphatic rings. The van der Waals surface area contributed by atoms with Gasteiger partial charge in [0.15, 0.2) is 16.7 Å². The van der Waals surface area contributed by atoms with Crippen LogP contribution in [-0.2, 0) is 6.18 Å². The number of benzene rings is 1. The first-order valence-corrected chi connectivity index (χ1v) is 9.88. The third-order valence-electron chi connectivity index (χ3n) is 3.86. The van der Waals surface area contributed by atoms with Crippen molar-refractivity contribution in [2.75, 3.05) is 5.32 Å². The molecule has 6 nitrogen and oxygen atoms in total. The molecule has 0 saturated heterocycles. The Morgan fingerprint density at radius 2 is 2.00 bits per heavy atom. The van der Waals surface area contributed by atoms with E-state index in [1.807, 2.05) is 6.07 Å². The monoisotopic (exact) mass is 491 g/mol. The summed E-state index contributed by atoms with van der Waals surface area (Å²) < 4.78 is 45.9. The van der Waals surface area contributed by atoms with Crippen molar-refractivity contribution in [3.05, 3.63) is 64.4 Å². The Hall–Kier alpha value is -3.23. The van der Waals surface area contributed by atoms with Gasteiger partial charge in [-0.1, -0.05) is 11.3 Å². The summed E-state index contributed by atoms with van der Waals surface area (Å²) in [6.07, 6.45) is -1.52. The number of fused-ring (bicyclic) bond motifs is 1. The quantitative estimate of drug-likeness (QED) is 0.361. The van der Waals surface area contributed by atoms with Crippen molar-refractivity contribution in [3.63, 3.8) is 0 Å². The van der Waals surface area contributed by atoms with Gasteiger partial charge in [0.2, 0.25) is 0 Å². The molecule has 0 aliphatic carbocycles. The van der Waals surface area contributed by atoms with Crippen LogP contribution in [0.2, 0.25) is 0 Å². The van der Waals surface area contributed by atoms with Crippen LogP contribution in [0.1, 0.15) is 11.1 Å². The third-order valence-corrected chi connectivity index (χ3v) is 5.18. The van der Waals surface area contributed by atoms with Crippen LogP contribution in [0.25, 0.3) is 10.3 Å². The predicted molar refractivity (Wildman–Crippen MR) is 109 cm³/mol.